The smallest absolute Gasteiger partial charge is 0.123 e. The molecule has 0 bridgehead atoms. The highest BCUT2D eigenvalue weighted by Gasteiger charge is 2.10. The minimum Gasteiger partial charge on any atom is -0.374 e. The maximum Gasteiger partial charge on any atom is 0.123 e. The van der Waals surface area contributed by atoms with Crippen LogP contribution < -0.4 is 10.6 Å². The Morgan fingerprint density at radius 1 is 1.24 bits per heavy atom. The van der Waals surface area contributed by atoms with Gasteiger partial charge in [0.25, 0.3) is 0 Å². The number of halogens is 1. The molecule has 1 aromatic heterocycles. The number of hydrogen-bond acceptors (Lipinski definition) is 3. The minimum atomic E-state index is -0.211. The summed E-state index contributed by atoms with van der Waals surface area (Å²) in [7, 11) is 2.03. The molecule has 1 unspecified atom stereocenters. The second-order valence-electron chi connectivity index (χ2n) is 5.48. The zero-order chi connectivity index (χ0) is 15.2. The zero-order valence-electron chi connectivity index (χ0n) is 12.6. The Hall–Kier alpha value is -1.94. The van der Waals surface area contributed by atoms with Crippen molar-refractivity contribution in [1.82, 2.24) is 4.98 Å². The third-order valence-corrected chi connectivity index (χ3v) is 3.48. The molecule has 0 aliphatic heterocycles. The van der Waals surface area contributed by atoms with Crippen molar-refractivity contribution >= 4 is 5.69 Å². The van der Waals surface area contributed by atoms with E-state index < -0.39 is 0 Å². The molecule has 4 heteroatoms. The van der Waals surface area contributed by atoms with Gasteiger partial charge in [0.2, 0.25) is 0 Å². The van der Waals surface area contributed by atoms with Gasteiger partial charge in [-0.2, -0.15) is 0 Å². The number of nitrogens with two attached hydrogens (primary N) is 1. The van der Waals surface area contributed by atoms with E-state index in [9.17, 15) is 4.39 Å². The average molecular weight is 287 g/mol. The number of rotatable bonds is 6. The lowest BCUT2D eigenvalue weighted by Crippen LogP contribution is -2.24. The van der Waals surface area contributed by atoms with Crippen LogP contribution in [-0.2, 0) is 12.8 Å². The van der Waals surface area contributed by atoms with Gasteiger partial charge in [0.05, 0.1) is 0 Å². The molecule has 2 aromatic rings. The van der Waals surface area contributed by atoms with E-state index in [0.29, 0.717) is 6.42 Å². The van der Waals surface area contributed by atoms with E-state index in [1.807, 2.05) is 32.2 Å². The number of hydrogen-bond donors (Lipinski definition) is 1. The third kappa shape index (κ3) is 4.53. The third-order valence-electron chi connectivity index (χ3n) is 3.48. The summed E-state index contributed by atoms with van der Waals surface area (Å²) in [5.41, 5.74) is 9.11. The molecule has 3 nitrogen and oxygen atoms in total. The van der Waals surface area contributed by atoms with Crippen LogP contribution in [0.5, 0.6) is 0 Å². The highest BCUT2D eigenvalue weighted by molar-refractivity contribution is 5.53. The second kappa shape index (κ2) is 7.18. The van der Waals surface area contributed by atoms with E-state index >= 15 is 0 Å². The number of aromatic nitrogens is 1. The predicted octanol–water partition coefficient (Wildman–Crippen LogP) is 2.79. The van der Waals surface area contributed by atoms with Crippen LogP contribution in [0.4, 0.5) is 10.1 Å². The standard InChI is InChI=1S/C17H22FN3/c1-13(19)11-15-12-16(18)3-4-17(15)21(2)10-7-14-5-8-20-9-6-14/h3-6,8-9,12-13H,7,10-11,19H2,1-2H3. The van der Waals surface area contributed by atoms with Gasteiger partial charge in [-0.3, -0.25) is 4.98 Å². The summed E-state index contributed by atoms with van der Waals surface area (Å²) in [6, 6.07) is 8.96. The van der Waals surface area contributed by atoms with Crippen LogP contribution in [0.15, 0.2) is 42.7 Å². The van der Waals surface area contributed by atoms with Gasteiger partial charge in [-0.25, -0.2) is 4.39 Å². The molecule has 0 spiro atoms. The van der Waals surface area contributed by atoms with Gasteiger partial charge in [-0.05, 0) is 61.2 Å². The van der Waals surface area contributed by atoms with E-state index in [1.165, 1.54) is 11.6 Å². The second-order valence-corrected chi connectivity index (χ2v) is 5.48. The molecule has 1 heterocycles. The molecule has 0 fully saturated rings. The van der Waals surface area contributed by atoms with Crippen molar-refractivity contribution in [3.8, 4) is 0 Å². The van der Waals surface area contributed by atoms with Crippen molar-refractivity contribution in [3.63, 3.8) is 0 Å². The Balaban J connectivity index is 2.09. The zero-order valence-corrected chi connectivity index (χ0v) is 12.6. The summed E-state index contributed by atoms with van der Waals surface area (Å²) in [5.74, 6) is -0.211. The number of anilines is 1. The molecule has 0 saturated heterocycles. The quantitative estimate of drug-likeness (QED) is 0.888. The van der Waals surface area contributed by atoms with E-state index in [1.54, 1.807) is 18.5 Å². The Kier molecular flexibility index (Phi) is 5.28. The number of likely N-dealkylation sites (N-methyl/N-ethyl adjacent to an activating group) is 1. The van der Waals surface area contributed by atoms with Crippen LogP contribution in [0.1, 0.15) is 18.1 Å². The van der Waals surface area contributed by atoms with Crippen molar-refractivity contribution in [2.75, 3.05) is 18.5 Å². The van der Waals surface area contributed by atoms with Crippen LogP contribution in [-0.4, -0.2) is 24.6 Å². The van der Waals surface area contributed by atoms with E-state index in [4.69, 9.17) is 5.73 Å². The first-order valence-electron chi connectivity index (χ1n) is 7.20. The molecule has 112 valence electrons. The van der Waals surface area contributed by atoms with Gasteiger partial charge in [-0.1, -0.05) is 0 Å². The highest BCUT2D eigenvalue weighted by Crippen LogP contribution is 2.22. The van der Waals surface area contributed by atoms with Crippen LogP contribution in [0.3, 0.4) is 0 Å². The molecular weight excluding hydrogens is 265 g/mol. The topological polar surface area (TPSA) is 42.1 Å². The molecule has 0 aliphatic carbocycles. The van der Waals surface area contributed by atoms with Gasteiger partial charge in [0.15, 0.2) is 0 Å². The van der Waals surface area contributed by atoms with Gasteiger partial charge in [0.1, 0.15) is 5.82 Å². The lowest BCUT2D eigenvalue weighted by molar-refractivity contribution is 0.622. The lowest BCUT2D eigenvalue weighted by Gasteiger charge is -2.23. The van der Waals surface area contributed by atoms with Crippen LogP contribution in [0.25, 0.3) is 0 Å². The predicted molar refractivity (Wildman–Crippen MR) is 85.0 cm³/mol. The molecule has 0 saturated carbocycles. The van der Waals surface area contributed by atoms with Gasteiger partial charge in [-0.15, -0.1) is 0 Å². The number of benzene rings is 1. The molecular formula is C17H22FN3. The Bertz CT molecular complexity index is 570. The van der Waals surface area contributed by atoms with E-state index in [-0.39, 0.29) is 11.9 Å². The fourth-order valence-corrected chi connectivity index (χ4v) is 2.40. The van der Waals surface area contributed by atoms with Crippen LogP contribution >= 0.6 is 0 Å². The van der Waals surface area contributed by atoms with Crippen LogP contribution in [0.2, 0.25) is 0 Å². The monoisotopic (exact) mass is 287 g/mol. The fourth-order valence-electron chi connectivity index (χ4n) is 2.40. The lowest BCUT2D eigenvalue weighted by atomic mass is 10.0. The molecule has 1 aromatic carbocycles. The molecule has 0 aliphatic rings. The molecule has 2 N–H and O–H groups in total. The number of nitrogens with zero attached hydrogens (tertiary/aromatic N) is 2. The summed E-state index contributed by atoms with van der Waals surface area (Å²) in [5, 5.41) is 0. The summed E-state index contributed by atoms with van der Waals surface area (Å²) < 4.78 is 13.4. The molecule has 21 heavy (non-hydrogen) atoms. The Morgan fingerprint density at radius 3 is 2.62 bits per heavy atom. The van der Waals surface area contributed by atoms with Crippen LogP contribution in [0, 0.1) is 5.82 Å². The highest BCUT2D eigenvalue weighted by atomic mass is 19.1. The summed E-state index contributed by atoms with van der Waals surface area (Å²) >= 11 is 0. The van der Waals surface area contributed by atoms with E-state index in [0.717, 1.165) is 24.2 Å². The van der Waals surface area contributed by atoms with Gasteiger partial charge < -0.3 is 10.6 Å². The van der Waals surface area contributed by atoms with Crippen molar-refractivity contribution in [3.05, 3.63) is 59.7 Å². The maximum absolute atomic E-state index is 13.4. The first kappa shape index (κ1) is 15.4. The minimum absolute atomic E-state index is 0.0131. The maximum atomic E-state index is 13.4. The molecule has 0 radical (unpaired) electrons. The first-order chi connectivity index (χ1) is 10.1. The molecule has 0 amide bonds. The van der Waals surface area contributed by atoms with Gasteiger partial charge in [0, 0.05) is 37.7 Å². The molecule has 2 rings (SSSR count). The first-order valence-corrected chi connectivity index (χ1v) is 7.20. The average Bonchev–Trinajstić information content (AvgIpc) is 2.45. The summed E-state index contributed by atoms with van der Waals surface area (Å²) in [4.78, 5) is 6.17. The van der Waals surface area contributed by atoms with E-state index in [2.05, 4.69) is 9.88 Å². The normalized spacial score (nSPS) is 12.2. The molecule has 1 atom stereocenters. The summed E-state index contributed by atoms with van der Waals surface area (Å²) in [6.07, 6.45) is 5.20. The Morgan fingerprint density at radius 2 is 1.95 bits per heavy atom. The van der Waals surface area contributed by atoms with Crippen molar-refractivity contribution < 1.29 is 4.39 Å². The fraction of sp³-hybridized carbons (Fsp3) is 0.353. The van der Waals surface area contributed by atoms with Crippen molar-refractivity contribution in [2.24, 2.45) is 5.73 Å². The van der Waals surface area contributed by atoms with Gasteiger partial charge >= 0.3 is 0 Å². The number of pyridine rings is 1. The largest absolute Gasteiger partial charge is 0.374 e. The van der Waals surface area contributed by atoms with Crippen molar-refractivity contribution in [1.29, 1.82) is 0 Å². The SMILES string of the molecule is CC(N)Cc1cc(F)ccc1N(C)CCc1ccncc1. The van der Waals surface area contributed by atoms with Crippen molar-refractivity contribution in [2.45, 2.75) is 25.8 Å². The summed E-state index contributed by atoms with van der Waals surface area (Å²) in [6.45, 7) is 2.80. The Labute approximate surface area is 125 Å².